The van der Waals surface area contributed by atoms with Gasteiger partial charge in [-0.05, 0) is 23.8 Å². The maximum atomic E-state index is 13.2. The number of nitrogens with zero attached hydrogens (tertiary/aromatic N) is 3. The number of nitrogens with one attached hydrogen (secondary N) is 2. The number of amides is 1. The Hall–Kier alpha value is -3.61. The lowest BCUT2D eigenvalue weighted by molar-refractivity contribution is -0.117. The number of aryl methyl sites for hydroxylation is 1. The number of sulfonamides is 1. The molecule has 33 heavy (non-hydrogen) atoms. The van der Waals surface area contributed by atoms with Gasteiger partial charge in [0, 0.05) is 25.7 Å². The number of carbonyl (C=O) groups excluding carboxylic acids is 1. The van der Waals surface area contributed by atoms with E-state index in [2.05, 4.69) is 15.0 Å². The quantitative estimate of drug-likeness (QED) is 0.424. The maximum absolute atomic E-state index is 13.2. The van der Waals surface area contributed by atoms with E-state index in [1.807, 2.05) is 0 Å². The SMILES string of the molecule is Cn1c(=O)c2cc(S(=O)(=O)NC(C(=O)Nc3nccs3)c3ccccc3)ccc2n(C)c1=O. The van der Waals surface area contributed by atoms with Crippen molar-refractivity contribution in [2.45, 2.75) is 10.9 Å². The highest BCUT2D eigenvalue weighted by atomic mass is 32.2. The van der Waals surface area contributed by atoms with Crippen LogP contribution in [0.1, 0.15) is 11.6 Å². The van der Waals surface area contributed by atoms with Crippen molar-refractivity contribution >= 4 is 43.3 Å². The Labute approximate surface area is 192 Å². The Balaban J connectivity index is 1.76. The van der Waals surface area contributed by atoms with Crippen LogP contribution in [0.15, 0.2) is 74.6 Å². The van der Waals surface area contributed by atoms with E-state index in [1.165, 1.54) is 54.4 Å². The molecule has 0 aliphatic rings. The lowest BCUT2D eigenvalue weighted by atomic mass is 10.1. The molecule has 4 aromatic rings. The maximum Gasteiger partial charge on any atom is 0.330 e. The highest BCUT2D eigenvalue weighted by Gasteiger charge is 2.28. The van der Waals surface area contributed by atoms with E-state index in [0.717, 1.165) is 4.57 Å². The molecule has 2 heterocycles. The minimum absolute atomic E-state index is 0.0611. The van der Waals surface area contributed by atoms with E-state index in [4.69, 9.17) is 0 Å². The summed E-state index contributed by atoms with van der Waals surface area (Å²) < 4.78 is 31.1. The van der Waals surface area contributed by atoms with Gasteiger partial charge in [0.1, 0.15) is 6.04 Å². The number of thiazole rings is 1. The van der Waals surface area contributed by atoms with Crippen molar-refractivity contribution in [3.63, 3.8) is 0 Å². The number of rotatable bonds is 6. The molecule has 1 atom stereocenters. The lowest BCUT2D eigenvalue weighted by Gasteiger charge is -2.18. The first-order valence-electron chi connectivity index (χ1n) is 9.66. The Morgan fingerprint density at radius 1 is 1.06 bits per heavy atom. The van der Waals surface area contributed by atoms with E-state index in [-0.39, 0.29) is 10.3 Å². The summed E-state index contributed by atoms with van der Waals surface area (Å²) >= 11 is 1.20. The molecule has 2 aromatic carbocycles. The van der Waals surface area contributed by atoms with E-state index >= 15 is 0 Å². The van der Waals surface area contributed by atoms with Gasteiger partial charge >= 0.3 is 5.69 Å². The van der Waals surface area contributed by atoms with Crippen LogP contribution in [0.4, 0.5) is 5.13 Å². The van der Waals surface area contributed by atoms with Gasteiger partial charge < -0.3 is 5.32 Å². The molecule has 170 valence electrons. The predicted molar refractivity (Wildman–Crippen MR) is 125 cm³/mol. The van der Waals surface area contributed by atoms with Gasteiger partial charge in [0.15, 0.2) is 5.13 Å². The third-order valence-electron chi connectivity index (χ3n) is 5.08. The largest absolute Gasteiger partial charge is 0.330 e. The molecular formula is C21H19N5O5S2. The summed E-state index contributed by atoms with van der Waals surface area (Å²) in [7, 11) is -1.43. The van der Waals surface area contributed by atoms with Crippen LogP contribution in [-0.4, -0.2) is 28.4 Å². The molecule has 4 rings (SSSR count). The first-order chi connectivity index (χ1) is 15.7. The molecule has 0 radical (unpaired) electrons. The van der Waals surface area contributed by atoms with Gasteiger partial charge in [-0.15, -0.1) is 11.3 Å². The van der Waals surface area contributed by atoms with Crippen LogP contribution in [0.5, 0.6) is 0 Å². The normalized spacial score (nSPS) is 12.5. The second-order valence-electron chi connectivity index (χ2n) is 7.18. The van der Waals surface area contributed by atoms with Gasteiger partial charge in [0.2, 0.25) is 15.9 Å². The van der Waals surface area contributed by atoms with Gasteiger partial charge in [0.05, 0.1) is 15.8 Å². The van der Waals surface area contributed by atoms with Gasteiger partial charge in [-0.2, -0.15) is 4.72 Å². The zero-order valence-electron chi connectivity index (χ0n) is 17.6. The third kappa shape index (κ3) is 4.35. The molecule has 1 unspecified atom stereocenters. The molecule has 0 fully saturated rings. The van der Waals surface area contributed by atoms with Gasteiger partial charge in [0.25, 0.3) is 5.56 Å². The fourth-order valence-electron chi connectivity index (χ4n) is 3.35. The number of anilines is 1. The summed E-state index contributed by atoms with van der Waals surface area (Å²) in [5.41, 5.74) is -0.423. The van der Waals surface area contributed by atoms with Crippen molar-refractivity contribution in [2.75, 3.05) is 5.32 Å². The molecule has 10 nitrogen and oxygen atoms in total. The number of hydrogen-bond donors (Lipinski definition) is 2. The molecule has 2 aromatic heterocycles. The fourth-order valence-corrected chi connectivity index (χ4v) is 5.09. The minimum atomic E-state index is -4.24. The second-order valence-corrected chi connectivity index (χ2v) is 9.78. The monoisotopic (exact) mass is 485 g/mol. The molecular weight excluding hydrogens is 466 g/mol. The number of hydrogen-bond acceptors (Lipinski definition) is 7. The standard InChI is InChI=1S/C21H19N5O5S2/c1-25-16-9-8-14(12-15(16)19(28)26(2)21(25)29)33(30,31)24-17(13-6-4-3-5-7-13)18(27)23-20-22-10-11-32-20/h3-12,17,24H,1-2H3,(H,22,23,27). The Kier molecular flexibility index (Phi) is 5.97. The van der Waals surface area contributed by atoms with E-state index < -0.39 is 33.2 Å². The molecule has 0 spiro atoms. The molecule has 0 saturated heterocycles. The van der Waals surface area contributed by atoms with E-state index in [0.29, 0.717) is 16.2 Å². The zero-order valence-corrected chi connectivity index (χ0v) is 19.2. The average molecular weight is 486 g/mol. The van der Waals surface area contributed by atoms with Crippen LogP contribution in [0, 0.1) is 0 Å². The van der Waals surface area contributed by atoms with Gasteiger partial charge in [-0.25, -0.2) is 18.2 Å². The lowest BCUT2D eigenvalue weighted by Crippen LogP contribution is -2.38. The van der Waals surface area contributed by atoms with Crippen LogP contribution in [0.25, 0.3) is 10.9 Å². The fraction of sp³-hybridized carbons (Fsp3) is 0.143. The minimum Gasteiger partial charge on any atom is -0.300 e. The number of benzene rings is 2. The van der Waals surface area contributed by atoms with Crippen LogP contribution in [0.2, 0.25) is 0 Å². The van der Waals surface area contributed by atoms with Crippen molar-refractivity contribution in [2.24, 2.45) is 14.1 Å². The highest BCUT2D eigenvalue weighted by molar-refractivity contribution is 7.89. The smallest absolute Gasteiger partial charge is 0.300 e. The second kappa shape index (κ2) is 8.73. The third-order valence-corrected chi connectivity index (χ3v) is 7.19. The van der Waals surface area contributed by atoms with Gasteiger partial charge in [-0.3, -0.25) is 18.7 Å². The highest BCUT2D eigenvalue weighted by Crippen LogP contribution is 2.22. The number of fused-ring (bicyclic) bond motifs is 1. The summed E-state index contributed by atoms with van der Waals surface area (Å²) in [6.45, 7) is 0. The summed E-state index contributed by atoms with van der Waals surface area (Å²) in [6, 6.07) is 11.0. The Morgan fingerprint density at radius 3 is 2.45 bits per heavy atom. The van der Waals surface area contributed by atoms with Crippen molar-refractivity contribution in [3.05, 3.63) is 86.5 Å². The summed E-state index contributed by atoms with van der Waals surface area (Å²) in [4.78, 5) is 41.4. The van der Waals surface area contributed by atoms with Crippen molar-refractivity contribution < 1.29 is 13.2 Å². The summed E-state index contributed by atoms with van der Waals surface area (Å²) in [5.74, 6) is -0.612. The molecule has 0 bridgehead atoms. The van der Waals surface area contributed by atoms with E-state index in [1.54, 1.807) is 35.7 Å². The van der Waals surface area contributed by atoms with E-state index in [9.17, 15) is 22.8 Å². The molecule has 1 amide bonds. The molecule has 0 aliphatic carbocycles. The molecule has 12 heteroatoms. The van der Waals surface area contributed by atoms with Crippen LogP contribution in [0.3, 0.4) is 0 Å². The zero-order chi connectivity index (χ0) is 23.8. The number of aromatic nitrogens is 3. The predicted octanol–water partition coefficient (Wildman–Crippen LogP) is 1.35. The van der Waals surface area contributed by atoms with Crippen LogP contribution in [-0.2, 0) is 28.9 Å². The first kappa shape index (κ1) is 22.6. The van der Waals surface area contributed by atoms with Gasteiger partial charge in [-0.1, -0.05) is 30.3 Å². The Morgan fingerprint density at radius 2 is 1.79 bits per heavy atom. The summed E-state index contributed by atoms with van der Waals surface area (Å²) in [6.07, 6.45) is 1.52. The molecule has 2 N–H and O–H groups in total. The van der Waals surface area contributed by atoms with Crippen molar-refractivity contribution in [3.8, 4) is 0 Å². The van der Waals surface area contributed by atoms with Crippen LogP contribution < -0.4 is 21.3 Å². The molecule has 0 saturated carbocycles. The number of carbonyl (C=O) groups is 1. The topological polar surface area (TPSA) is 132 Å². The molecule has 0 aliphatic heterocycles. The van der Waals surface area contributed by atoms with Crippen LogP contribution >= 0.6 is 11.3 Å². The van der Waals surface area contributed by atoms with Crippen molar-refractivity contribution in [1.82, 2.24) is 18.8 Å². The Bertz CT molecular complexity index is 1560. The van der Waals surface area contributed by atoms with Crippen molar-refractivity contribution in [1.29, 1.82) is 0 Å². The summed E-state index contributed by atoms with van der Waals surface area (Å²) in [5, 5.41) is 4.68. The average Bonchev–Trinajstić information content (AvgIpc) is 3.33. The first-order valence-corrected chi connectivity index (χ1v) is 12.0.